The molecule has 7 nitrogen and oxygen atoms in total. The molecule has 142 valence electrons. The van der Waals surface area contributed by atoms with E-state index in [0.29, 0.717) is 35.7 Å². The van der Waals surface area contributed by atoms with Gasteiger partial charge < -0.3 is 20.1 Å². The molecular weight excluding hydrogens is 348 g/mol. The van der Waals surface area contributed by atoms with Crippen LogP contribution >= 0.6 is 0 Å². The van der Waals surface area contributed by atoms with Crippen molar-refractivity contribution in [2.75, 3.05) is 25.0 Å². The first-order chi connectivity index (χ1) is 12.9. The minimum Gasteiger partial charge on any atom is -0.482 e. The second kappa shape index (κ2) is 9.38. The number of carboxylic acid groups (broad SMARTS) is 1. The Labute approximate surface area is 157 Å². The minimum atomic E-state index is -1.06. The van der Waals surface area contributed by atoms with Crippen molar-refractivity contribution in [2.45, 2.75) is 13.8 Å². The molecule has 0 aliphatic carbocycles. The van der Waals surface area contributed by atoms with Gasteiger partial charge in [0.1, 0.15) is 5.75 Å². The fourth-order valence-corrected chi connectivity index (χ4v) is 2.44. The number of amides is 2. The van der Waals surface area contributed by atoms with Crippen LogP contribution in [0.3, 0.4) is 0 Å². The minimum absolute atomic E-state index is 0.0658. The first-order valence-electron chi connectivity index (χ1n) is 8.60. The van der Waals surface area contributed by atoms with E-state index in [1.807, 2.05) is 13.8 Å². The van der Waals surface area contributed by atoms with E-state index in [-0.39, 0.29) is 11.8 Å². The molecule has 0 heterocycles. The average molecular weight is 370 g/mol. The molecule has 2 aromatic carbocycles. The molecule has 0 atom stereocenters. The number of carbonyl (C=O) groups excluding carboxylic acids is 2. The van der Waals surface area contributed by atoms with Gasteiger partial charge in [0.15, 0.2) is 6.61 Å². The van der Waals surface area contributed by atoms with Crippen LogP contribution in [0.25, 0.3) is 0 Å². The summed E-state index contributed by atoms with van der Waals surface area (Å²) in [5.74, 6) is -1.04. The SMILES string of the molecule is CCN(CC)C(=O)c1ccc(C(=O)Nc2ccc(OCC(=O)O)cc2)cc1. The fourth-order valence-electron chi connectivity index (χ4n) is 2.44. The van der Waals surface area contributed by atoms with E-state index in [0.717, 1.165) is 0 Å². The molecule has 0 unspecified atom stereocenters. The van der Waals surface area contributed by atoms with Gasteiger partial charge in [0, 0.05) is 29.9 Å². The second-order valence-electron chi connectivity index (χ2n) is 5.72. The lowest BCUT2D eigenvalue weighted by atomic mass is 10.1. The number of carboxylic acids is 1. The molecule has 0 bridgehead atoms. The molecule has 2 aromatic rings. The van der Waals surface area contributed by atoms with Crippen molar-refractivity contribution in [1.29, 1.82) is 0 Å². The Bertz CT molecular complexity index is 796. The van der Waals surface area contributed by atoms with Crippen LogP contribution in [0.1, 0.15) is 34.6 Å². The number of anilines is 1. The second-order valence-corrected chi connectivity index (χ2v) is 5.72. The average Bonchev–Trinajstić information content (AvgIpc) is 2.68. The number of ether oxygens (including phenoxy) is 1. The highest BCUT2D eigenvalue weighted by Crippen LogP contribution is 2.17. The summed E-state index contributed by atoms with van der Waals surface area (Å²) < 4.78 is 5.04. The quantitative estimate of drug-likeness (QED) is 0.745. The molecule has 0 saturated heterocycles. The van der Waals surface area contributed by atoms with E-state index in [4.69, 9.17) is 9.84 Å². The summed E-state index contributed by atoms with van der Waals surface area (Å²) in [4.78, 5) is 36.8. The number of aliphatic carboxylic acids is 1. The Morgan fingerprint density at radius 2 is 1.48 bits per heavy atom. The number of nitrogens with one attached hydrogen (secondary N) is 1. The zero-order valence-corrected chi connectivity index (χ0v) is 15.3. The summed E-state index contributed by atoms with van der Waals surface area (Å²) >= 11 is 0. The van der Waals surface area contributed by atoms with Gasteiger partial charge in [0.2, 0.25) is 0 Å². The predicted octanol–water partition coefficient (Wildman–Crippen LogP) is 2.88. The molecule has 0 spiro atoms. The zero-order valence-electron chi connectivity index (χ0n) is 15.3. The van der Waals surface area contributed by atoms with Crippen LogP contribution in [0.15, 0.2) is 48.5 Å². The van der Waals surface area contributed by atoms with Crippen molar-refractivity contribution in [3.05, 3.63) is 59.7 Å². The van der Waals surface area contributed by atoms with Crippen molar-refractivity contribution in [3.63, 3.8) is 0 Å². The Balaban J connectivity index is 1.99. The maximum absolute atomic E-state index is 12.3. The van der Waals surface area contributed by atoms with E-state index in [1.54, 1.807) is 53.4 Å². The first-order valence-corrected chi connectivity index (χ1v) is 8.60. The Kier molecular flexibility index (Phi) is 6.93. The fraction of sp³-hybridized carbons (Fsp3) is 0.250. The van der Waals surface area contributed by atoms with Gasteiger partial charge in [-0.25, -0.2) is 4.79 Å². The van der Waals surface area contributed by atoms with E-state index in [9.17, 15) is 14.4 Å². The third-order valence-electron chi connectivity index (χ3n) is 3.92. The Hall–Kier alpha value is -3.35. The van der Waals surface area contributed by atoms with Crippen molar-refractivity contribution in [3.8, 4) is 5.75 Å². The third-order valence-corrected chi connectivity index (χ3v) is 3.92. The monoisotopic (exact) mass is 370 g/mol. The van der Waals surface area contributed by atoms with Crippen LogP contribution in [-0.2, 0) is 4.79 Å². The highest BCUT2D eigenvalue weighted by Gasteiger charge is 2.13. The van der Waals surface area contributed by atoms with Gasteiger partial charge in [-0.1, -0.05) is 0 Å². The van der Waals surface area contributed by atoms with E-state index >= 15 is 0 Å². The van der Waals surface area contributed by atoms with Crippen molar-refractivity contribution in [2.24, 2.45) is 0 Å². The molecule has 27 heavy (non-hydrogen) atoms. The predicted molar refractivity (Wildman–Crippen MR) is 101 cm³/mol. The molecular formula is C20H22N2O5. The van der Waals surface area contributed by atoms with Crippen LogP contribution in [0, 0.1) is 0 Å². The normalized spacial score (nSPS) is 10.1. The number of nitrogens with zero attached hydrogens (tertiary/aromatic N) is 1. The Morgan fingerprint density at radius 1 is 0.926 bits per heavy atom. The van der Waals surface area contributed by atoms with Gasteiger partial charge >= 0.3 is 5.97 Å². The molecule has 0 aromatic heterocycles. The van der Waals surface area contributed by atoms with Gasteiger partial charge in [-0.05, 0) is 62.4 Å². The first kappa shape index (κ1) is 20.0. The lowest BCUT2D eigenvalue weighted by molar-refractivity contribution is -0.139. The summed E-state index contributed by atoms with van der Waals surface area (Å²) in [6.45, 7) is 4.67. The van der Waals surface area contributed by atoms with Crippen LogP contribution in [0.5, 0.6) is 5.75 Å². The summed E-state index contributed by atoms with van der Waals surface area (Å²) in [7, 11) is 0. The number of rotatable bonds is 8. The lowest BCUT2D eigenvalue weighted by Gasteiger charge is -2.18. The topological polar surface area (TPSA) is 95.9 Å². The molecule has 0 fully saturated rings. The van der Waals surface area contributed by atoms with Crippen LogP contribution < -0.4 is 10.1 Å². The molecule has 0 aliphatic rings. The van der Waals surface area contributed by atoms with Crippen molar-refractivity contribution < 1.29 is 24.2 Å². The van der Waals surface area contributed by atoms with Crippen molar-refractivity contribution in [1.82, 2.24) is 4.90 Å². The summed E-state index contributed by atoms with van der Waals surface area (Å²) in [6, 6.07) is 12.9. The van der Waals surface area contributed by atoms with Crippen LogP contribution in [-0.4, -0.2) is 47.5 Å². The number of carbonyl (C=O) groups is 3. The maximum Gasteiger partial charge on any atom is 0.341 e. The highest BCUT2D eigenvalue weighted by atomic mass is 16.5. The lowest BCUT2D eigenvalue weighted by Crippen LogP contribution is -2.30. The van der Waals surface area contributed by atoms with Gasteiger partial charge in [-0.15, -0.1) is 0 Å². The number of hydrogen-bond acceptors (Lipinski definition) is 4. The molecule has 0 radical (unpaired) electrons. The van der Waals surface area contributed by atoms with Gasteiger partial charge in [-0.3, -0.25) is 9.59 Å². The highest BCUT2D eigenvalue weighted by molar-refractivity contribution is 6.05. The van der Waals surface area contributed by atoms with Gasteiger partial charge in [-0.2, -0.15) is 0 Å². The summed E-state index contributed by atoms with van der Waals surface area (Å²) in [5, 5.41) is 11.3. The molecule has 2 rings (SSSR count). The molecule has 0 aliphatic heterocycles. The Morgan fingerprint density at radius 3 is 2.00 bits per heavy atom. The van der Waals surface area contributed by atoms with E-state index in [2.05, 4.69) is 5.32 Å². The molecule has 7 heteroatoms. The van der Waals surface area contributed by atoms with E-state index < -0.39 is 12.6 Å². The summed E-state index contributed by atoms with van der Waals surface area (Å²) in [6.07, 6.45) is 0. The molecule has 2 N–H and O–H groups in total. The maximum atomic E-state index is 12.3. The van der Waals surface area contributed by atoms with Crippen LogP contribution in [0.2, 0.25) is 0 Å². The molecule has 2 amide bonds. The van der Waals surface area contributed by atoms with Gasteiger partial charge in [0.05, 0.1) is 0 Å². The number of hydrogen-bond donors (Lipinski definition) is 2. The molecule has 0 saturated carbocycles. The largest absolute Gasteiger partial charge is 0.482 e. The van der Waals surface area contributed by atoms with Crippen LogP contribution in [0.4, 0.5) is 5.69 Å². The van der Waals surface area contributed by atoms with Gasteiger partial charge in [0.25, 0.3) is 11.8 Å². The number of benzene rings is 2. The smallest absolute Gasteiger partial charge is 0.341 e. The standard InChI is InChI=1S/C20H22N2O5/c1-3-22(4-2)20(26)15-7-5-14(6-8-15)19(25)21-16-9-11-17(12-10-16)27-13-18(23)24/h5-12H,3-4,13H2,1-2H3,(H,21,25)(H,23,24). The summed E-state index contributed by atoms with van der Waals surface area (Å²) in [5.41, 5.74) is 1.51. The van der Waals surface area contributed by atoms with E-state index in [1.165, 1.54) is 0 Å². The zero-order chi connectivity index (χ0) is 19.8. The third kappa shape index (κ3) is 5.57. The van der Waals surface area contributed by atoms with Crippen molar-refractivity contribution >= 4 is 23.5 Å².